The van der Waals surface area contributed by atoms with Crippen LogP contribution in [0.15, 0.2) is 30.9 Å². The Morgan fingerprint density at radius 1 is 1.31 bits per heavy atom. The molecule has 0 aliphatic rings. The molecule has 16 heavy (non-hydrogen) atoms. The molecule has 0 aromatic heterocycles. The highest BCUT2D eigenvalue weighted by Gasteiger charge is 2.16. The van der Waals surface area contributed by atoms with Crippen molar-refractivity contribution in [1.29, 1.82) is 0 Å². The third-order valence-electron chi connectivity index (χ3n) is 2.25. The van der Waals surface area contributed by atoms with Crippen LogP contribution in [0.1, 0.15) is 5.56 Å². The lowest BCUT2D eigenvalue weighted by atomic mass is 10.2. The fourth-order valence-corrected chi connectivity index (χ4v) is 1.93. The van der Waals surface area contributed by atoms with Crippen molar-refractivity contribution in [1.82, 2.24) is 0 Å². The second kappa shape index (κ2) is 6.51. The van der Waals surface area contributed by atoms with E-state index in [2.05, 4.69) is 20.7 Å². The first-order chi connectivity index (χ1) is 6.96. The van der Waals surface area contributed by atoms with E-state index in [4.69, 9.17) is 23.2 Å². The number of quaternary nitrogens is 1. The van der Waals surface area contributed by atoms with Gasteiger partial charge in [-0.3, -0.25) is 0 Å². The normalized spacial score (nSPS) is 10.8. The van der Waals surface area contributed by atoms with Gasteiger partial charge in [0, 0.05) is 5.56 Å². The Bertz CT molecular complexity index is 361. The van der Waals surface area contributed by atoms with Crippen LogP contribution in [0.2, 0.25) is 10.0 Å². The molecule has 0 bridgehead atoms. The predicted molar refractivity (Wildman–Crippen MR) is 67.3 cm³/mol. The highest BCUT2D eigenvalue weighted by molar-refractivity contribution is 6.42. The van der Waals surface area contributed by atoms with E-state index >= 15 is 0 Å². The first-order valence-electron chi connectivity index (χ1n) is 4.82. The van der Waals surface area contributed by atoms with Crippen LogP contribution in [-0.2, 0) is 6.54 Å². The maximum atomic E-state index is 6.13. The Labute approximate surface area is 114 Å². The second-order valence-electron chi connectivity index (χ2n) is 4.28. The topological polar surface area (TPSA) is 0 Å². The maximum absolute atomic E-state index is 6.13. The van der Waals surface area contributed by atoms with Gasteiger partial charge in [-0.15, -0.1) is 0 Å². The third-order valence-corrected chi connectivity index (χ3v) is 3.11. The van der Waals surface area contributed by atoms with Crippen LogP contribution in [0.3, 0.4) is 0 Å². The molecule has 1 aromatic carbocycles. The van der Waals surface area contributed by atoms with Crippen molar-refractivity contribution in [3.8, 4) is 0 Å². The first kappa shape index (κ1) is 15.8. The van der Waals surface area contributed by atoms with Gasteiger partial charge in [0.1, 0.15) is 6.54 Å². The Morgan fingerprint density at radius 3 is 2.50 bits per heavy atom. The molecule has 0 fully saturated rings. The molecule has 0 N–H and O–H groups in total. The summed E-state index contributed by atoms with van der Waals surface area (Å²) in [6.45, 7) is 5.51. The van der Waals surface area contributed by atoms with Gasteiger partial charge in [-0.1, -0.05) is 41.9 Å². The summed E-state index contributed by atoms with van der Waals surface area (Å²) in [7, 11) is 4.28. The van der Waals surface area contributed by atoms with Crippen LogP contribution in [0, 0.1) is 0 Å². The van der Waals surface area contributed by atoms with E-state index in [0.717, 1.165) is 23.1 Å². The lowest BCUT2D eigenvalue weighted by molar-refractivity contribution is -0.897. The summed E-state index contributed by atoms with van der Waals surface area (Å²) in [5.41, 5.74) is 1.08. The molecule has 1 aromatic rings. The van der Waals surface area contributed by atoms with E-state index in [0.29, 0.717) is 10.0 Å². The second-order valence-corrected chi connectivity index (χ2v) is 5.06. The third kappa shape index (κ3) is 4.34. The van der Waals surface area contributed by atoms with Crippen molar-refractivity contribution in [2.24, 2.45) is 0 Å². The number of likely N-dealkylation sites (N-methyl/N-ethyl adjacent to an activating group) is 1. The van der Waals surface area contributed by atoms with Crippen molar-refractivity contribution in [2.75, 3.05) is 20.6 Å². The van der Waals surface area contributed by atoms with Crippen LogP contribution in [0.5, 0.6) is 0 Å². The van der Waals surface area contributed by atoms with Gasteiger partial charge in [0.2, 0.25) is 0 Å². The van der Waals surface area contributed by atoms with E-state index in [-0.39, 0.29) is 12.4 Å². The number of halogens is 3. The molecule has 0 spiro atoms. The number of hydrogen-bond donors (Lipinski definition) is 0. The summed E-state index contributed by atoms with van der Waals surface area (Å²) in [5, 5.41) is 1.28. The summed E-state index contributed by atoms with van der Waals surface area (Å²) in [4.78, 5) is 0. The minimum Gasteiger partial charge on any atom is -1.00 e. The molecule has 1 nitrogen and oxygen atoms in total. The molecule has 0 atom stereocenters. The van der Waals surface area contributed by atoms with Gasteiger partial charge in [-0.2, -0.15) is 0 Å². The van der Waals surface area contributed by atoms with Gasteiger partial charge in [0.25, 0.3) is 0 Å². The number of hydrogen-bond acceptors (Lipinski definition) is 0. The average molecular weight is 281 g/mol. The van der Waals surface area contributed by atoms with Gasteiger partial charge in [0.05, 0.1) is 30.7 Å². The van der Waals surface area contributed by atoms with Crippen LogP contribution in [0.4, 0.5) is 0 Å². The largest absolute Gasteiger partial charge is 1.00 e. The van der Waals surface area contributed by atoms with Gasteiger partial charge in [-0.05, 0) is 12.1 Å². The van der Waals surface area contributed by atoms with Crippen LogP contribution in [0.25, 0.3) is 0 Å². The Hall–Kier alpha value is -0.210. The van der Waals surface area contributed by atoms with Crippen LogP contribution >= 0.6 is 23.2 Å². The number of rotatable bonds is 4. The molecule has 0 aliphatic heterocycles. The van der Waals surface area contributed by atoms with E-state index in [1.165, 1.54) is 0 Å². The maximum Gasteiger partial charge on any atom is 0.106 e. The quantitative estimate of drug-likeness (QED) is 0.564. The lowest BCUT2D eigenvalue weighted by Crippen LogP contribution is -3.00. The zero-order valence-corrected chi connectivity index (χ0v) is 11.8. The Morgan fingerprint density at radius 2 is 1.94 bits per heavy atom. The van der Waals surface area contributed by atoms with Gasteiger partial charge in [-0.25, -0.2) is 0 Å². The van der Waals surface area contributed by atoms with Crippen molar-refractivity contribution in [2.45, 2.75) is 6.54 Å². The molecular weight excluding hydrogens is 264 g/mol. The molecule has 0 heterocycles. The zero-order valence-electron chi connectivity index (χ0n) is 9.51. The minimum atomic E-state index is 0. The molecule has 4 heteroatoms. The molecular formula is C12H16Cl3N. The Kier molecular flexibility index (Phi) is 6.42. The van der Waals surface area contributed by atoms with Gasteiger partial charge < -0.3 is 16.9 Å². The summed E-state index contributed by atoms with van der Waals surface area (Å²) in [6.07, 6.45) is 1.92. The van der Waals surface area contributed by atoms with Crippen molar-refractivity contribution < 1.29 is 16.9 Å². The SMILES string of the molecule is C=CC[N+](C)(C)Cc1cccc(Cl)c1Cl.[Cl-]. The molecule has 0 saturated carbocycles. The monoisotopic (exact) mass is 279 g/mol. The number of nitrogens with zero attached hydrogens (tertiary/aromatic N) is 1. The van der Waals surface area contributed by atoms with Gasteiger partial charge in [0.15, 0.2) is 0 Å². The highest BCUT2D eigenvalue weighted by Crippen LogP contribution is 2.27. The molecule has 0 aliphatic carbocycles. The first-order valence-corrected chi connectivity index (χ1v) is 5.57. The molecule has 0 unspecified atom stereocenters. The predicted octanol–water partition coefficient (Wildman–Crippen LogP) is 0.760. The fourth-order valence-electron chi connectivity index (χ4n) is 1.55. The molecule has 0 radical (unpaired) electrons. The fraction of sp³-hybridized carbons (Fsp3) is 0.333. The van der Waals surface area contributed by atoms with Crippen LogP contribution < -0.4 is 12.4 Å². The molecule has 1 rings (SSSR count). The van der Waals surface area contributed by atoms with Crippen molar-refractivity contribution in [3.63, 3.8) is 0 Å². The molecule has 90 valence electrons. The summed E-state index contributed by atoms with van der Waals surface area (Å²) < 4.78 is 0.823. The van der Waals surface area contributed by atoms with E-state index in [1.54, 1.807) is 6.07 Å². The van der Waals surface area contributed by atoms with Crippen LogP contribution in [-0.4, -0.2) is 25.1 Å². The zero-order chi connectivity index (χ0) is 11.5. The lowest BCUT2D eigenvalue weighted by Gasteiger charge is -2.28. The minimum absolute atomic E-state index is 0. The summed E-state index contributed by atoms with van der Waals surface area (Å²) >= 11 is 12.1. The molecule has 0 amide bonds. The average Bonchev–Trinajstić information content (AvgIpc) is 2.12. The van der Waals surface area contributed by atoms with Crippen molar-refractivity contribution in [3.05, 3.63) is 46.5 Å². The highest BCUT2D eigenvalue weighted by atomic mass is 35.5. The van der Waals surface area contributed by atoms with E-state index < -0.39 is 0 Å². The number of benzene rings is 1. The smallest absolute Gasteiger partial charge is 0.106 e. The van der Waals surface area contributed by atoms with E-state index in [9.17, 15) is 0 Å². The summed E-state index contributed by atoms with van der Waals surface area (Å²) in [5.74, 6) is 0. The Balaban J connectivity index is 0.00000225. The standard InChI is InChI=1S/C12H16Cl2N.ClH/c1-4-8-15(2,3)9-10-6-5-7-11(13)12(10)14;/h4-7H,1,8-9H2,2-3H3;1H/q+1;/p-1. The molecule has 0 saturated heterocycles. The summed E-state index contributed by atoms with van der Waals surface area (Å²) in [6, 6.07) is 5.75. The van der Waals surface area contributed by atoms with E-state index in [1.807, 2.05) is 18.2 Å². The van der Waals surface area contributed by atoms with Gasteiger partial charge >= 0.3 is 0 Å². The van der Waals surface area contributed by atoms with Crippen molar-refractivity contribution >= 4 is 23.2 Å².